The summed E-state index contributed by atoms with van der Waals surface area (Å²) in [5.74, 6) is 0.0291. The number of rotatable bonds is 7. The first-order valence-electron chi connectivity index (χ1n) is 9.88. The van der Waals surface area contributed by atoms with E-state index in [1.807, 2.05) is 12.1 Å². The summed E-state index contributed by atoms with van der Waals surface area (Å²) in [7, 11) is -2.49. The second kappa shape index (κ2) is 8.90. The third-order valence-corrected chi connectivity index (χ3v) is 8.02. The Bertz CT molecular complexity index is 1040. The quantitative estimate of drug-likeness (QED) is 0.624. The molecule has 1 aliphatic rings. The van der Waals surface area contributed by atoms with E-state index in [4.69, 9.17) is 4.74 Å². The van der Waals surface area contributed by atoms with Gasteiger partial charge in [-0.15, -0.1) is 0 Å². The second-order valence-corrected chi connectivity index (χ2v) is 9.77. The Kier molecular flexibility index (Phi) is 6.64. The van der Waals surface area contributed by atoms with Crippen LogP contribution < -0.4 is 4.74 Å². The van der Waals surface area contributed by atoms with Gasteiger partial charge in [0.15, 0.2) is 9.84 Å². The van der Waals surface area contributed by atoms with E-state index >= 15 is 0 Å². The zero-order valence-electron chi connectivity index (χ0n) is 17.2. The molecule has 0 radical (unpaired) electrons. The number of carbonyl (C=O) groups excluding carboxylic acids is 1. The lowest BCUT2D eigenvalue weighted by atomic mass is 10.0. The minimum absolute atomic E-state index is 0.0485. The molecular weight excluding hydrogens is 431 g/mol. The number of alkyl halides is 3. The van der Waals surface area contributed by atoms with Gasteiger partial charge >= 0.3 is 6.18 Å². The summed E-state index contributed by atoms with van der Waals surface area (Å²) in [5, 5.41) is -0.944. The van der Waals surface area contributed by atoms with Crippen molar-refractivity contribution < 1.29 is 31.1 Å². The SMILES string of the molecule is CCC(C1CC(=O)N(Cc2ccc(OC)cc2)C1)S(=O)(=O)c1cccc(C(F)(F)F)c1. The number of likely N-dealkylation sites (tertiary alicyclic amines) is 1. The smallest absolute Gasteiger partial charge is 0.416 e. The topological polar surface area (TPSA) is 63.7 Å². The molecule has 2 aromatic rings. The van der Waals surface area contributed by atoms with E-state index in [1.165, 1.54) is 6.07 Å². The highest BCUT2D eigenvalue weighted by Gasteiger charge is 2.41. The molecule has 3 rings (SSSR count). The van der Waals surface area contributed by atoms with Crippen molar-refractivity contribution in [2.75, 3.05) is 13.7 Å². The van der Waals surface area contributed by atoms with Crippen molar-refractivity contribution >= 4 is 15.7 Å². The van der Waals surface area contributed by atoms with Crippen LogP contribution in [0.3, 0.4) is 0 Å². The molecule has 1 heterocycles. The third kappa shape index (κ3) is 5.03. The number of benzene rings is 2. The average molecular weight is 455 g/mol. The van der Waals surface area contributed by atoms with Crippen LogP contribution in [0.25, 0.3) is 0 Å². The molecule has 0 N–H and O–H groups in total. The van der Waals surface area contributed by atoms with Gasteiger partial charge in [0.25, 0.3) is 0 Å². The van der Waals surface area contributed by atoms with Gasteiger partial charge in [-0.3, -0.25) is 4.79 Å². The predicted octanol–water partition coefficient (Wildman–Crippen LogP) is 4.32. The summed E-state index contributed by atoms with van der Waals surface area (Å²) < 4.78 is 70.6. The molecule has 0 spiro atoms. The Hall–Kier alpha value is -2.55. The Balaban J connectivity index is 1.79. The summed E-state index contributed by atoms with van der Waals surface area (Å²) in [6.45, 7) is 2.24. The molecule has 1 fully saturated rings. The standard InChI is InChI=1S/C22H24F3NO4S/c1-3-20(31(28,29)19-6-4-5-17(12-19)22(23,24)25)16-11-21(27)26(14-16)13-15-7-9-18(30-2)10-8-15/h4-10,12,16,20H,3,11,13-14H2,1-2H3. The summed E-state index contributed by atoms with van der Waals surface area (Å²) >= 11 is 0. The van der Waals surface area contributed by atoms with E-state index in [-0.39, 0.29) is 30.2 Å². The fraction of sp³-hybridized carbons (Fsp3) is 0.409. The van der Waals surface area contributed by atoms with Gasteiger partial charge in [0.1, 0.15) is 5.75 Å². The van der Waals surface area contributed by atoms with E-state index in [0.29, 0.717) is 18.4 Å². The van der Waals surface area contributed by atoms with Crippen LogP contribution in [0, 0.1) is 5.92 Å². The molecule has 168 valence electrons. The first-order valence-corrected chi connectivity index (χ1v) is 11.4. The molecular formula is C22H24F3NO4S. The molecule has 1 aliphatic heterocycles. The van der Waals surface area contributed by atoms with Crippen molar-refractivity contribution in [3.8, 4) is 5.75 Å². The maximum Gasteiger partial charge on any atom is 0.416 e. The number of halogens is 3. The molecule has 1 saturated heterocycles. The number of sulfone groups is 1. The lowest BCUT2D eigenvalue weighted by Gasteiger charge is -2.23. The number of hydrogen-bond acceptors (Lipinski definition) is 4. The van der Waals surface area contributed by atoms with Crippen LogP contribution in [0.5, 0.6) is 5.75 Å². The van der Waals surface area contributed by atoms with E-state index in [1.54, 1.807) is 31.1 Å². The molecule has 2 atom stereocenters. The van der Waals surface area contributed by atoms with Crippen molar-refractivity contribution in [2.45, 2.75) is 42.6 Å². The Morgan fingerprint density at radius 1 is 1.16 bits per heavy atom. The summed E-state index contributed by atoms with van der Waals surface area (Å²) in [5.41, 5.74) is -0.129. The second-order valence-electron chi connectivity index (χ2n) is 7.60. The molecule has 9 heteroatoms. The van der Waals surface area contributed by atoms with Crippen LogP contribution in [0.2, 0.25) is 0 Å². The number of amides is 1. The number of nitrogens with zero attached hydrogens (tertiary/aromatic N) is 1. The Labute approximate surface area is 179 Å². The maximum absolute atomic E-state index is 13.2. The lowest BCUT2D eigenvalue weighted by Crippen LogP contribution is -2.32. The average Bonchev–Trinajstić information content (AvgIpc) is 3.08. The van der Waals surface area contributed by atoms with E-state index in [0.717, 1.165) is 17.7 Å². The van der Waals surface area contributed by atoms with Crippen LogP contribution in [-0.4, -0.2) is 38.1 Å². The van der Waals surface area contributed by atoms with Crippen molar-refractivity contribution in [1.29, 1.82) is 0 Å². The van der Waals surface area contributed by atoms with Gasteiger partial charge in [-0.1, -0.05) is 25.1 Å². The molecule has 0 aliphatic carbocycles. The zero-order valence-corrected chi connectivity index (χ0v) is 18.0. The lowest BCUT2D eigenvalue weighted by molar-refractivity contribution is -0.137. The molecule has 5 nitrogen and oxygen atoms in total. The predicted molar refractivity (Wildman–Crippen MR) is 109 cm³/mol. The van der Waals surface area contributed by atoms with Gasteiger partial charge in [-0.25, -0.2) is 8.42 Å². The highest BCUT2D eigenvalue weighted by atomic mass is 32.2. The summed E-state index contributed by atoms with van der Waals surface area (Å²) in [4.78, 5) is 13.8. The van der Waals surface area contributed by atoms with Gasteiger partial charge in [0, 0.05) is 25.4 Å². The van der Waals surface area contributed by atoms with Gasteiger partial charge in [-0.2, -0.15) is 13.2 Å². The molecule has 2 unspecified atom stereocenters. The zero-order chi connectivity index (χ0) is 22.8. The first-order chi connectivity index (χ1) is 14.6. The third-order valence-electron chi connectivity index (χ3n) is 5.59. The van der Waals surface area contributed by atoms with E-state index < -0.39 is 32.7 Å². The largest absolute Gasteiger partial charge is 0.497 e. The van der Waals surface area contributed by atoms with Crippen molar-refractivity contribution in [3.63, 3.8) is 0 Å². The number of hydrogen-bond donors (Lipinski definition) is 0. The van der Waals surface area contributed by atoms with Gasteiger partial charge in [0.2, 0.25) is 5.91 Å². The number of carbonyl (C=O) groups is 1. The van der Waals surface area contributed by atoms with E-state index in [9.17, 15) is 26.4 Å². The molecule has 0 bridgehead atoms. The highest BCUT2D eigenvalue weighted by molar-refractivity contribution is 7.92. The highest BCUT2D eigenvalue weighted by Crippen LogP contribution is 2.35. The molecule has 2 aromatic carbocycles. The van der Waals surface area contributed by atoms with Crippen molar-refractivity contribution in [2.24, 2.45) is 5.92 Å². The van der Waals surface area contributed by atoms with Crippen molar-refractivity contribution in [1.82, 2.24) is 4.90 Å². The molecule has 31 heavy (non-hydrogen) atoms. The van der Waals surface area contributed by atoms with Gasteiger partial charge < -0.3 is 9.64 Å². The first kappa shape index (κ1) is 23.1. The van der Waals surface area contributed by atoms with Gasteiger partial charge in [-0.05, 0) is 42.3 Å². The minimum atomic E-state index is -4.63. The fourth-order valence-electron chi connectivity index (χ4n) is 3.99. The Morgan fingerprint density at radius 3 is 2.42 bits per heavy atom. The van der Waals surface area contributed by atoms with Gasteiger partial charge in [0.05, 0.1) is 22.8 Å². The van der Waals surface area contributed by atoms with Crippen LogP contribution >= 0.6 is 0 Å². The molecule has 1 amide bonds. The minimum Gasteiger partial charge on any atom is -0.497 e. The number of methoxy groups -OCH3 is 1. The van der Waals surface area contributed by atoms with Crippen LogP contribution in [0.15, 0.2) is 53.4 Å². The Morgan fingerprint density at radius 2 is 1.84 bits per heavy atom. The monoisotopic (exact) mass is 455 g/mol. The van der Waals surface area contributed by atoms with Crippen LogP contribution in [0.1, 0.15) is 30.9 Å². The molecule has 0 aromatic heterocycles. The normalized spacial score (nSPS) is 18.3. The molecule has 0 saturated carbocycles. The summed E-state index contributed by atoms with van der Waals surface area (Å²) in [6, 6.07) is 11.0. The van der Waals surface area contributed by atoms with E-state index in [2.05, 4.69) is 0 Å². The van der Waals surface area contributed by atoms with Crippen LogP contribution in [0.4, 0.5) is 13.2 Å². The number of ether oxygens (including phenoxy) is 1. The fourth-order valence-corrected chi connectivity index (χ4v) is 6.02. The summed E-state index contributed by atoms with van der Waals surface area (Å²) in [6.07, 6.45) is -4.38. The van der Waals surface area contributed by atoms with Crippen LogP contribution in [-0.2, 0) is 27.4 Å². The maximum atomic E-state index is 13.2. The van der Waals surface area contributed by atoms with Crippen molar-refractivity contribution in [3.05, 3.63) is 59.7 Å².